The Morgan fingerprint density at radius 3 is 2.64 bits per heavy atom. The lowest BCUT2D eigenvalue weighted by Crippen LogP contribution is -2.03. The summed E-state index contributed by atoms with van der Waals surface area (Å²) in [6.07, 6.45) is 1.71. The second kappa shape index (κ2) is 8.30. The van der Waals surface area contributed by atoms with E-state index in [1.165, 1.54) is 0 Å². The molecule has 0 aliphatic rings. The van der Waals surface area contributed by atoms with Gasteiger partial charge in [0.15, 0.2) is 0 Å². The maximum absolute atomic E-state index is 6.54. The van der Waals surface area contributed by atoms with Crippen molar-refractivity contribution in [2.24, 2.45) is 0 Å². The molecule has 0 aromatic carbocycles. The second-order valence-corrected chi connectivity index (χ2v) is 6.01. The average Bonchev–Trinajstić information content (AvgIpc) is 2.95. The molecule has 3 heterocycles. The summed E-state index contributed by atoms with van der Waals surface area (Å²) >= 11 is 6.54. The largest absolute Gasteiger partial charge is 0.477 e. The van der Waals surface area contributed by atoms with Crippen LogP contribution in [-0.4, -0.2) is 26.4 Å². The van der Waals surface area contributed by atoms with Crippen LogP contribution in [0, 0.1) is 6.92 Å². The van der Waals surface area contributed by atoms with Gasteiger partial charge >= 0.3 is 0 Å². The van der Waals surface area contributed by atoms with Gasteiger partial charge in [-0.3, -0.25) is 4.68 Å². The molecule has 134 valence electrons. The van der Waals surface area contributed by atoms with Gasteiger partial charge in [-0.15, -0.1) is 0 Å². The third-order valence-corrected chi connectivity index (χ3v) is 3.88. The number of fused-ring (bicyclic) bond motifs is 1. The SMILES string of the molecule is CC.CCOc1ncccc1-c1cc(Cl)c2c(n1)c(C)nn2C(C)C. The highest BCUT2D eigenvalue weighted by Crippen LogP contribution is 2.33. The average molecular weight is 361 g/mol. The smallest absolute Gasteiger partial charge is 0.222 e. The number of hydrogen-bond acceptors (Lipinski definition) is 4. The number of pyridine rings is 2. The summed E-state index contributed by atoms with van der Waals surface area (Å²) < 4.78 is 7.52. The van der Waals surface area contributed by atoms with Gasteiger partial charge in [-0.2, -0.15) is 5.10 Å². The Morgan fingerprint density at radius 1 is 1.28 bits per heavy atom. The van der Waals surface area contributed by atoms with Crippen LogP contribution >= 0.6 is 11.6 Å². The summed E-state index contributed by atoms with van der Waals surface area (Å²) in [4.78, 5) is 9.05. The van der Waals surface area contributed by atoms with E-state index in [-0.39, 0.29) is 6.04 Å². The maximum atomic E-state index is 6.54. The number of aryl methyl sites for hydroxylation is 1. The minimum absolute atomic E-state index is 0.216. The van der Waals surface area contributed by atoms with Gasteiger partial charge in [0, 0.05) is 12.2 Å². The van der Waals surface area contributed by atoms with Crippen molar-refractivity contribution in [1.29, 1.82) is 0 Å². The molecular weight excluding hydrogens is 336 g/mol. The quantitative estimate of drug-likeness (QED) is 0.619. The van der Waals surface area contributed by atoms with E-state index in [9.17, 15) is 0 Å². The fourth-order valence-corrected chi connectivity index (χ4v) is 2.86. The summed E-state index contributed by atoms with van der Waals surface area (Å²) in [5.74, 6) is 0.562. The van der Waals surface area contributed by atoms with E-state index in [2.05, 4.69) is 23.9 Å². The van der Waals surface area contributed by atoms with Gasteiger partial charge in [0.05, 0.1) is 28.6 Å². The number of ether oxygens (including phenoxy) is 1. The Morgan fingerprint density at radius 2 is 2.00 bits per heavy atom. The lowest BCUT2D eigenvalue weighted by atomic mass is 10.1. The highest BCUT2D eigenvalue weighted by Gasteiger charge is 2.18. The molecule has 0 atom stereocenters. The summed E-state index contributed by atoms with van der Waals surface area (Å²) in [7, 11) is 0. The summed E-state index contributed by atoms with van der Waals surface area (Å²) in [6, 6.07) is 5.87. The first-order valence-electron chi connectivity index (χ1n) is 8.66. The van der Waals surface area contributed by atoms with Crippen LogP contribution in [0.4, 0.5) is 0 Å². The molecule has 0 fully saturated rings. The molecular formula is C19H25ClN4O. The molecule has 0 amide bonds. The Labute approximate surface area is 154 Å². The molecule has 6 heteroatoms. The van der Waals surface area contributed by atoms with Crippen LogP contribution < -0.4 is 4.74 Å². The molecule has 3 rings (SSSR count). The first kappa shape index (κ1) is 19.2. The third-order valence-electron chi connectivity index (χ3n) is 3.59. The fraction of sp³-hybridized carbons (Fsp3) is 0.421. The summed E-state index contributed by atoms with van der Waals surface area (Å²) in [5, 5.41) is 5.20. The normalized spacial score (nSPS) is 10.7. The third kappa shape index (κ3) is 3.76. The van der Waals surface area contributed by atoms with Crippen molar-refractivity contribution in [2.45, 2.75) is 47.6 Å². The topological polar surface area (TPSA) is 52.8 Å². The lowest BCUT2D eigenvalue weighted by molar-refractivity contribution is 0.328. The molecule has 0 aliphatic carbocycles. The first-order valence-corrected chi connectivity index (χ1v) is 9.04. The molecule has 0 saturated heterocycles. The summed E-state index contributed by atoms with van der Waals surface area (Å²) in [6.45, 7) is 12.6. The fourth-order valence-electron chi connectivity index (χ4n) is 2.59. The number of rotatable bonds is 4. The van der Waals surface area contributed by atoms with Crippen LogP contribution in [0.25, 0.3) is 22.3 Å². The number of aromatic nitrogens is 4. The number of halogens is 1. The van der Waals surface area contributed by atoms with Crippen molar-refractivity contribution in [3.63, 3.8) is 0 Å². The minimum atomic E-state index is 0.216. The molecule has 25 heavy (non-hydrogen) atoms. The van der Waals surface area contributed by atoms with E-state index in [1.54, 1.807) is 6.20 Å². The van der Waals surface area contributed by atoms with E-state index in [4.69, 9.17) is 21.3 Å². The Hall–Kier alpha value is -2.14. The van der Waals surface area contributed by atoms with E-state index >= 15 is 0 Å². The molecule has 3 aromatic heterocycles. The zero-order chi connectivity index (χ0) is 18.6. The van der Waals surface area contributed by atoms with Crippen LogP contribution in [0.1, 0.15) is 46.4 Å². The molecule has 0 radical (unpaired) electrons. The zero-order valence-electron chi connectivity index (χ0n) is 15.7. The van der Waals surface area contributed by atoms with Gasteiger partial charge in [0.2, 0.25) is 5.88 Å². The molecule has 0 spiro atoms. The first-order chi connectivity index (χ1) is 12.0. The standard InChI is InChI=1S/C17H19ClN4O.C2H6/c1-5-23-17-12(7-6-8-19-17)14-9-13(18)16-15(20-14)11(4)21-22(16)10(2)3;1-2/h6-10H,5H2,1-4H3;1-2H3. The van der Waals surface area contributed by atoms with E-state index in [0.29, 0.717) is 17.5 Å². The van der Waals surface area contributed by atoms with Gasteiger partial charge in [0.1, 0.15) is 11.0 Å². The van der Waals surface area contributed by atoms with Crippen LogP contribution in [-0.2, 0) is 0 Å². The second-order valence-electron chi connectivity index (χ2n) is 5.60. The number of nitrogens with zero attached hydrogens (tertiary/aromatic N) is 4. The van der Waals surface area contributed by atoms with Gasteiger partial charge in [-0.05, 0) is 45.9 Å². The van der Waals surface area contributed by atoms with Gasteiger partial charge < -0.3 is 4.74 Å². The predicted molar refractivity (Wildman–Crippen MR) is 103 cm³/mol. The van der Waals surface area contributed by atoms with Crippen molar-refractivity contribution in [1.82, 2.24) is 19.7 Å². The molecule has 0 aliphatic heterocycles. The molecule has 0 N–H and O–H groups in total. The molecule has 0 bridgehead atoms. The van der Waals surface area contributed by atoms with Crippen LogP contribution in [0.5, 0.6) is 5.88 Å². The highest BCUT2D eigenvalue weighted by atomic mass is 35.5. The van der Waals surface area contributed by atoms with Crippen LogP contribution in [0.3, 0.4) is 0 Å². The molecule has 3 aromatic rings. The van der Waals surface area contributed by atoms with Crippen molar-refractivity contribution in [3.8, 4) is 17.1 Å². The van der Waals surface area contributed by atoms with Gasteiger partial charge in [-0.1, -0.05) is 25.4 Å². The van der Waals surface area contributed by atoms with Crippen molar-refractivity contribution >= 4 is 22.6 Å². The van der Waals surface area contributed by atoms with Crippen molar-refractivity contribution < 1.29 is 4.74 Å². The van der Waals surface area contributed by atoms with Crippen molar-refractivity contribution in [2.75, 3.05) is 6.61 Å². The van der Waals surface area contributed by atoms with Gasteiger partial charge in [-0.25, -0.2) is 9.97 Å². The number of hydrogen-bond donors (Lipinski definition) is 0. The lowest BCUT2D eigenvalue weighted by Gasteiger charge is -2.11. The van der Waals surface area contributed by atoms with Crippen LogP contribution in [0.2, 0.25) is 5.02 Å². The Bertz CT molecular complexity index is 858. The Kier molecular flexibility index (Phi) is 6.37. The van der Waals surface area contributed by atoms with Crippen LogP contribution in [0.15, 0.2) is 24.4 Å². The van der Waals surface area contributed by atoms with E-state index < -0.39 is 0 Å². The maximum Gasteiger partial charge on any atom is 0.222 e. The van der Waals surface area contributed by atoms with Crippen molar-refractivity contribution in [3.05, 3.63) is 35.1 Å². The molecule has 0 unspecified atom stereocenters. The summed E-state index contributed by atoms with van der Waals surface area (Å²) in [5.41, 5.74) is 4.11. The van der Waals surface area contributed by atoms with E-state index in [1.807, 2.05) is 50.6 Å². The predicted octanol–water partition coefficient (Wildman–Crippen LogP) is 5.46. The van der Waals surface area contributed by atoms with E-state index in [0.717, 1.165) is 28.0 Å². The van der Waals surface area contributed by atoms with Gasteiger partial charge in [0.25, 0.3) is 0 Å². The monoisotopic (exact) mass is 360 g/mol. The highest BCUT2D eigenvalue weighted by molar-refractivity contribution is 6.35. The molecule has 0 saturated carbocycles. The minimum Gasteiger partial charge on any atom is -0.477 e. The molecule has 5 nitrogen and oxygen atoms in total. The zero-order valence-corrected chi connectivity index (χ0v) is 16.4. The Balaban J connectivity index is 0.00000109.